The lowest BCUT2D eigenvalue weighted by Gasteiger charge is -2.30. The van der Waals surface area contributed by atoms with Crippen LogP contribution in [0.5, 0.6) is 0 Å². The first-order valence-corrected chi connectivity index (χ1v) is 12.4. The molecule has 2 rings (SSSR count). The molecule has 1 amide bonds. The Hall–Kier alpha value is -1.32. The molecule has 0 aromatic heterocycles. The molecule has 31 heavy (non-hydrogen) atoms. The largest absolute Gasteiger partial charge is 0.329 e. The molecule has 1 aromatic rings. The number of halogens is 1. The topological polar surface area (TPSA) is 105 Å². The highest BCUT2D eigenvalue weighted by atomic mass is 35.5. The number of amides is 1. The molecule has 1 aromatic carbocycles. The minimum atomic E-state index is -1.20. The maximum Gasteiger partial charge on any atom is 0.238 e. The number of nitrogens with zero attached hydrogens (tertiary/aromatic N) is 1. The molecule has 1 heterocycles. The number of nitrogens with one attached hydrogen (secondary N) is 2. The van der Waals surface area contributed by atoms with Crippen LogP contribution in [-0.2, 0) is 33.7 Å². The van der Waals surface area contributed by atoms with Crippen molar-refractivity contribution in [1.29, 1.82) is 0 Å². The summed E-state index contributed by atoms with van der Waals surface area (Å²) >= 11 is 5.84. The third-order valence-corrected chi connectivity index (χ3v) is 5.20. The summed E-state index contributed by atoms with van der Waals surface area (Å²) in [5.41, 5.74) is 7.21. The van der Waals surface area contributed by atoms with Crippen LogP contribution in [0.15, 0.2) is 18.2 Å². The Morgan fingerprint density at radius 2 is 1.97 bits per heavy atom. The third-order valence-electron chi connectivity index (χ3n) is 4.42. The van der Waals surface area contributed by atoms with Gasteiger partial charge in [0, 0.05) is 30.9 Å². The predicted octanol–water partition coefficient (Wildman–Crippen LogP) is 2.63. The lowest BCUT2D eigenvalue weighted by Crippen LogP contribution is -2.49. The van der Waals surface area contributed by atoms with Gasteiger partial charge in [-0.3, -0.25) is 4.79 Å². The van der Waals surface area contributed by atoms with E-state index in [1.54, 1.807) is 11.8 Å². The Kier molecular flexibility index (Phi) is 14.8. The number of hydrogen-bond donors (Lipinski definition) is 3. The third kappa shape index (κ3) is 11.8. The summed E-state index contributed by atoms with van der Waals surface area (Å²) in [7, 11) is 0.705. The Morgan fingerprint density at radius 3 is 2.45 bits per heavy atom. The average molecular weight is 475 g/mol. The molecule has 178 valence electrons. The number of carbonyl (C=O) groups excluding carboxylic acids is 2. The van der Waals surface area contributed by atoms with Gasteiger partial charge < -0.3 is 20.7 Å². The van der Waals surface area contributed by atoms with Crippen LogP contribution in [0.2, 0.25) is 5.02 Å². The van der Waals surface area contributed by atoms with E-state index in [-0.39, 0.29) is 12.5 Å². The molecule has 0 spiro atoms. The van der Waals surface area contributed by atoms with Crippen LogP contribution in [0.1, 0.15) is 51.7 Å². The maximum absolute atomic E-state index is 11.7. The highest BCUT2D eigenvalue weighted by Crippen LogP contribution is 2.26. The molecule has 1 saturated heterocycles. The lowest BCUT2D eigenvalue weighted by atomic mass is 10.0. The zero-order chi connectivity index (χ0) is 24.0. The zero-order valence-electron chi connectivity index (χ0n) is 19.7. The Morgan fingerprint density at radius 1 is 1.35 bits per heavy atom. The maximum atomic E-state index is 11.7. The quantitative estimate of drug-likeness (QED) is 0.527. The zero-order valence-corrected chi connectivity index (χ0v) is 21.2. The number of aldehydes is 1. The number of likely N-dealkylation sites (tertiary alicyclic amines) is 1. The molecule has 0 aliphatic carbocycles. The van der Waals surface area contributed by atoms with Gasteiger partial charge in [0.25, 0.3) is 0 Å². The number of nitrogens with two attached hydrogens (primary N) is 1. The van der Waals surface area contributed by atoms with Crippen LogP contribution in [0.25, 0.3) is 0 Å². The van der Waals surface area contributed by atoms with E-state index in [1.165, 1.54) is 11.8 Å². The van der Waals surface area contributed by atoms with E-state index in [4.69, 9.17) is 17.3 Å². The fraction of sp³-hybridized carbons (Fsp3) is 0.636. The molecule has 9 heteroatoms. The summed E-state index contributed by atoms with van der Waals surface area (Å²) in [6.45, 7) is 10.3. The molecule has 1 aliphatic heterocycles. The van der Waals surface area contributed by atoms with Gasteiger partial charge in [-0.25, -0.2) is 8.93 Å². The standard InChI is InChI=1S/C9H13ClN2.C9H16N2O3S.C4H10/c1-12-6-8-4-9(10)3-2-7(8)5-11;1-9(7-12)4-3-5-11(9)8(13)6-10-15(2)14;1-4(2)3/h2-4,12H,5-6,11H2,1H3;7,10H,3-6H2,1-2H3;4H,1-3H3/t;9-,15?;/m.0./s1. The molecular weight excluding hydrogens is 436 g/mol. The number of hydrogen-bond acceptors (Lipinski definition) is 5. The molecule has 1 aliphatic rings. The van der Waals surface area contributed by atoms with Crippen molar-refractivity contribution in [2.45, 2.75) is 59.2 Å². The van der Waals surface area contributed by atoms with Gasteiger partial charge in [-0.2, -0.15) is 0 Å². The molecule has 1 unspecified atom stereocenters. The normalized spacial score (nSPS) is 18.5. The highest BCUT2D eigenvalue weighted by molar-refractivity contribution is 7.82. The summed E-state index contributed by atoms with van der Waals surface area (Å²) in [5, 5.41) is 3.83. The van der Waals surface area contributed by atoms with Crippen LogP contribution >= 0.6 is 11.6 Å². The molecular formula is C22H39ClN4O3S. The van der Waals surface area contributed by atoms with E-state index in [9.17, 15) is 13.8 Å². The van der Waals surface area contributed by atoms with E-state index in [2.05, 4.69) is 30.8 Å². The molecule has 1 fully saturated rings. The monoisotopic (exact) mass is 474 g/mol. The first-order valence-electron chi connectivity index (χ1n) is 10.5. The fourth-order valence-corrected chi connectivity index (χ4v) is 3.45. The average Bonchev–Trinajstić information content (AvgIpc) is 3.09. The van der Waals surface area contributed by atoms with Crippen molar-refractivity contribution in [3.63, 3.8) is 0 Å². The second kappa shape index (κ2) is 15.5. The van der Waals surface area contributed by atoms with Gasteiger partial charge in [0.05, 0.1) is 23.1 Å². The summed E-state index contributed by atoms with van der Waals surface area (Å²) in [5.74, 6) is 0.664. The van der Waals surface area contributed by atoms with Gasteiger partial charge in [-0.1, -0.05) is 38.4 Å². The minimum Gasteiger partial charge on any atom is -0.329 e. The van der Waals surface area contributed by atoms with Crippen molar-refractivity contribution in [3.8, 4) is 0 Å². The smallest absolute Gasteiger partial charge is 0.238 e. The fourth-order valence-electron chi connectivity index (χ4n) is 2.92. The van der Waals surface area contributed by atoms with Crippen molar-refractivity contribution in [1.82, 2.24) is 14.9 Å². The van der Waals surface area contributed by atoms with Crippen LogP contribution in [0.4, 0.5) is 0 Å². The van der Waals surface area contributed by atoms with Gasteiger partial charge in [-0.05, 0) is 56.0 Å². The number of carbonyl (C=O) groups is 2. The van der Waals surface area contributed by atoms with Gasteiger partial charge in [0.2, 0.25) is 5.91 Å². The second-order valence-corrected chi connectivity index (χ2v) is 9.91. The molecule has 0 bridgehead atoms. The van der Waals surface area contributed by atoms with Crippen molar-refractivity contribution < 1.29 is 13.8 Å². The van der Waals surface area contributed by atoms with Gasteiger partial charge in [-0.15, -0.1) is 0 Å². The van der Waals surface area contributed by atoms with Crippen LogP contribution < -0.4 is 15.8 Å². The van der Waals surface area contributed by atoms with Crippen molar-refractivity contribution in [2.24, 2.45) is 11.7 Å². The van der Waals surface area contributed by atoms with E-state index >= 15 is 0 Å². The van der Waals surface area contributed by atoms with Crippen molar-refractivity contribution >= 4 is 34.8 Å². The van der Waals surface area contributed by atoms with E-state index < -0.39 is 16.5 Å². The summed E-state index contributed by atoms with van der Waals surface area (Å²) in [6, 6.07) is 5.78. The van der Waals surface area contributed by atoms with Crippen LogP contribution in [0, 0.1) is 5.92 Å². The van der Waals surface area contributed by atoms with Crippen LogP contribution in [-0.4, -0.2) is 53.2 Å². The van der Waals surface area contributed by atoms with Crippen molar-refractivity contribution in [2.75, 3.05) is 26.4 Å². The minimum absolute atomic E-state index is 0.0204. The van der Waals surface area contributed by atoms with E-state index in [1.807, 2.05) is 25.2 Å². The summed E-state index contributed by atoms with van der Waals surface area (Å²) < 4.78 is 13.3. The highest BCUT2D eigenvalue weighted by Gasteiger charge is 2.39. The predicted molar refractivity (Wildman–Crippen MR) is 130 cm³/mol. The van der Waals surface area contributed by atoms with Gasteiger partial charge in [0.1, 0.15) is 6.29 Å². The molecule has 0 saturated carbocycles. The Balaban J connectivity index is 0.000000504. The number of rotatable bonds is 7. The first-order chi connectivity index (χ1) is 14.5. The molecule has 7 nitrogen and oxygen atoms in total. The van der Waals surface area contributed by atoms with E-state index in [0.717, 1.165) is 35.8 Å². The van der Waals surface area contributed by atoms with Gasteiger partial charge in [0.15, 0.2) is 0 Å². The second-order valence-electron chi connectivity index (χ2n) is 8.28. The van der Waals surface area contributed by atoms with Crippen molar-refractivity contribution in [3.05, 3.63) is 34.3 Å². The SMILES string of the molecule is CC(C)C.CNCc1cc(Cl)ccc1CN.CS(=O)NCC(=O)N1CCC[C@@]1(C)C=O. The first kappa shape index (κ1) is 29.7. The summed E-state index contributed by atoms with van der Waals surface area (Å²) in [4.78, 5) is 24.2. The number of benzene rings is 1. The van der Waals surface area contributed by atoms with Crippen LogP contribution in [0.3, 0.4) is 0 Å². The van der Waals surface area contributed by atoms with Gasteiger partial charge >= 0.3 is 0 Å². The summed E-state index contributed by atoms with van der Waals surface area (Å²) in [6.07, 6.45) is 3.84. The molecule has 0 radical (unpaired) electrons. The Labute approximate surface area is 195 Å². The molecule has 4 N–H and O–H groups in total. The lowest BCUT2D eigenvalue weighted by molar-refractivity contribution is -0.137. The molecule has 2 atom stereocenters. The Bertz CT molecular complexity index is 715. The van der Waals surface area contributed by atoms with E-state index in [0.29, 0.717) is 19.5 Å².